The van der Waals surface area contributed by atoms with Crippen LogP contribution in [-0.2, 0) is 19.6 Å². The second-order valence-electron chi connectivity index (χ2n) is 5.05. The summed E-state index contributed by atoms with van der Waals surface area (Å²) in [5, 5.41) is 4.63. The topological polar surface area (TPSA) is 102 Å². The number of esters is 1. The summed E-state index contributed by atoms with van der Waals surface area (Å²) in [6.07, 6.45) is 0.00890. The Morgan fingerprint density at radius 3 is 2.40 bits per heavy atom. The number of sulfonamides is 1. The van der Waals surface area contributed by atoms with Crippen LogP contribution in [-0.4, -0.2) is 34.5 Å². The quantitative estimate of drug-likeness (QED) is 0.710. The minimum Gasteiger partial charge on any atom is -0.469 e. The zero-order chi connectivity index (χ0) is 18.4. The van der Waals surface area contributed by atoms with Crippen molar-refractivity contribution in [2.75, 3.05) is 14.2 Å². The third-order valence-corrected chi connectivity index (χ3v) is 5.90. The SMILES string of the molecule is CNS(=O)(=O)c1ccc(C(=O)NC(CC(=O)OC)c2cccs2)cc1. The average Bonchev–Trinajstić information content (AvgIpc) is 3.15. The Bertz CT molecular complexity index is 830. The number of carbonyl (C=O) groups excluding carboxylic acids is 2. The van der Waals surface area contributed by atoms with Gasteiger partial charge in [-0.1, -0.05) is 6.07 Å². The van der Waals surface area contributed by atoms with Crippen molar-refractivity contribution >= 4 is 33.2 Å². The second-order valence-corrected chi connectivity index (χ2v) is 7.92. The molecular weight excluding hydrogens is 364 g/mol. The molecule has 2 rings (SSSR count). The third-order valence-electron chi connectivity index (χ3n) is 3.49. The molecule has 0 spiro atoms. The molecule has 0 bridgehead atoms. The van der Waals surface area contributed by atoms with E-state index in [2.05, 4.69) is 14.8 Å². The lowest BCUT2D eigenvalue weighted by Gasteiger charge is -2.16. The number of nitrogens with one attached hydrogen (secondary N) is 2. The number of methoxy groups -OCH3 is 1. The monoisotopic (exact) mass is 382 g/mol. The van der Waals surface area contributed by atoms with Gasteiger partial charge >= 0.3 is 5.97 Å². The number of ether oxygens (including phenoxy) is 1. The van der Waals surface area contributed by atoms with Crippen LogP contribution in [0.2, 0.25) is 0 Å². The number of hydrogen-bond acceptors (Lipinski definition) is 6. The summed E-state index contributed by atoms with van der Waals surface area (Å²) in [4.78, 5) is 24.9. The van der Waals surface area contributed by atoms with Gasteiger partial charge in [0.25, 0.3) is 5.91 Å². The molecular formula is C16H18N2O5S2. The molecule has 1 atom stereocenters. The van der Waals surface area contributed by atoms with Gasteiger partial charge in [0.1, 0.15) is 0 Å². The van der Waals surface area contributed by atoms with Gasteiger partial charge in [-0.3, -0.25) is 9.59 Å². The smallest absolute Gasteiger partial charge is 0.307 e. The van der Waals surface area contributed by atoms with Crippen LogP contribution < -0.4 is 10.0 Å². The van der Waals surface area contributed by atoms with E-state index >= 15 is 0 Å². The largest absolute Gasteiger partial charge is 0.469 e. The Labute approximate surface area is 150 Å². The van der Waals surface area contributed by atoms with Gasteiger partial charge in [-0.15, -0.1) is 11.3 Å². The van der Waals surface area contributed by atoms with Crippen molar-refractivity contribution < 1.29 is 22.7 Å². The first-order valence-corrected chi connectivity index (χ1v) is 9.68. The highest BCUT2D eigenvalue weighted by molar-refractivity contribution is 7.89. The predicted octanol–water partition coefficient (Wildman–Crippen LogP) is 1.69. The van der Waals surface area contributed by atoms with E-state index in [0.29, 0.717) is 5.56 Å². The highest BCUT2D eigenvalue weighted by atomic mass is 32.2. The second kappa shape index (κ2) is 8.24. The van der Waals surface area contributed by atoms with Crippen LogP contribution in [0.1, 0.15) is 27.7 Å². The standard InChI is InChI=1S/C16H18N2O5S2/c1-17-25(21,22)12-7-5-11(6-8-12)16(20)18-13(10-15(19)23-2)14-4-3-9-24-14/h3-9,13,17H,10H2,1-2H3,(H,18,20). The van der Waals surface area contributed by atoms with E-state index in [1.54, 1.807) is 0 Å². The number of thiophene rings is 1. The minimum atomic E-state index is -3.56. The van der Waals surface area contributed by atoms with Crippen LogP contribution in [0.5, 0.6) is 0 Å². The zero-order valence-electron chi connectivity index (χ0n) is 13.7. The van der Waals surface area contributed by atoms with Gasteiger partial charge in [0.15, 0.2) is 0 Å². The van der Waals surface area contributed by atoms with Crippen LogP contribution in [0.3, 0.4) is 0 Å². The number of carbonyl (C=O) groups is 2. The number of hydrogen-bond donors (Lipinski definition) is 2. The summed E-state index contributed by atoms with van der Waals surface area (Å²) in [5.41, 5.74) is 0.293. The Morgan fingerprint density at radius 1 is 1.20 bits per heavy atom. The average molecular weight is 382 g/mol. The molecule has 1 heterocycles. The van der Waals surface area contributed by atoms with Crippen molar-refractivity contribution in [3.63, 3.8) is 0 Å². The van der Waals surface area contributed by atoms with E-state index in [-0.39, 0.29) is 11.3 Å². The van der Waals surface area contributed by atoms with E-state index < -0.39 is 27.9 Å². The van der Waals surface area contributed by atoms with Crippen LogP contribution in [0.4, 0.5) is 0 Å². The molecule has 134 valence electrons. The van der Waals surface area contributed by atoms with E-state index in [0.717, 1.165) is 4.88 Å². The first kappa shape index (κ1) is 19.1. The maximum Gasteiger partial charge on any atom is 0.307 e. The zero-order valence-corrected chi connectivity index (χ0v) is 15.3. The summed E-state index contributed by atoms with van der Waals surface area (Å²) in [6, 6.07) is 8.67. The molecule has 0 saturated carbocycles. The van der Waals surface area contributed by atoms with Crippen molar-refractivity contribution in [3.8, 4) is 0 Å². The van der Waals surface area contributed by atoms with Crippen molar-refractivity contribution in [3.05, 3.63) is 52.2 Å². The molecule has 7 nitrogen and oxygen atoms in total. The summed E-state index contributed by atoms with van der Waals surface area (Å²) in [6.45, 7) is 0. The summed E-state index contributed by atoms with van der Waals surface area (Å²) in [7, 11) is -0.958. The number of rotatable bonds is 7. The van der Waals surface area contributed by atoms with Gasteiger partial charge in [-0.2, -0.15) is 0 Å². The third kappa shape index (κ3) is 4.88. The molecule has 25 heavy (non-hydrogen) atoms. The molecule has 1 aromatic carbocycles. The molecule has 0 aliphatic heterocycles. The van der Waals surface area contributed by atoms with Gasteiger partial charge in [-0.05, 0) is 42.8 Å². The lowest BCUT2D eigenvalue weighted by molar-refractivity contribution is -0.141. The fourth-order valence-corrected chi connectivity index (χ4v) is 3.62. The molecule has 2 N–H and O–H groups in total. The van der Waals surface area contributed by atoms with Crippen molar-refractivity contribution in [1.29, 1.82) is 0 Å². The first-order chi connectivity index (χ1) is 11.9. The molecule has 0 aliphatic rings. The van der Waals surface area contributed by atoms with E-state index in [9.17, 15) is 18.0 Å². The van der Waals surface area contributed by atoms with E-state index in [4.69, 9.17) is 0 Å². The van der Waals surface area contributed by atoms with Crippen molar-refractivity contribution in [1.82, 2.24) is 10.0 Å². The molecule has 1 unspecified atom stereocenters. The highest BCUT2D eigenvalue weighted by Gasteiger charge is 2.21. The molecule has 1 amide bonds. The Balaban J connectivity index is 2.16. The van der Waals surface area contributed by atoms with E-state index in [1.807, 2.05) is 17.5 Å². The molecule has 0 fully saturated rings. The Hall–Kier alpha value is -2.23. The molecule has 0 aliphatic carbocycles. The fraction of sp³-hybridized carbons (Fsp3) is 0.250. The maximum absolute atomic E-state index is 12.4. The van der Waals surface area contributed by atoms with Gasteiger partial charge < -0.3 is 10.1 Å². The molecule has 0 radical (unpaired) electrons. The van der Waals surface area contributed by atoms with Crippen LogP contribution >= 0.6 is 11.3 Å². The molecule has 2 aromatic rings. The predicted molar refractivity (Wildman–Crippen MR) is 93.8 cm³/mol. The lowest BCUT2D eigenvalue weighted by atomic mass is 10.1. The highest BCUT2D eigenvalue weighted by Crippen LogP contribution is 2.23. The summed E-state index contributed by atoms with van der Waals surface area (Å²) < 4.78 is 30.3. The summed E-state index contributed by atoms with van der Waals surface area (Å²) >= 11 is 1.42. The first-order valence-electron chi connectivity index (χ1n) is 7.32. The maximum atomic E-state index is 12.4. The molecule has 1 aromatic heterocycles. The van der Waals surface area contributed by atoms with Crippen LogP contribution in [0.15, 0.2) is 46.7 Å². The number of benzene rings is 1. The lowest BCUT2D eigenvalue weighted by Crippen LogP contribution is -2.30. The van der Waals surface area contributed by atoms with E-state index in [1.165, 1.54) is 49.8 Å². The van der Waals surface area contributed by atoms with Gasteiger partial charge in [0.05, 0.1) is 24.5 Å². The number of amides is 1. The van der Waals surface area contributed by atoms with Crippen molar-refractivity contribution in [2.45, 2.75) is 17.4 Å². The van der Waals surface area contributed by atoms with Gasteiger partial charge in [0, 0.05) is 10.4 Å². The van der Waals surface area contributed by atoms with Crippen LogP contribution in [0, 0.1) is 0 Å². The van der Waals surface area contributed by atoms with Gasteiger partial charge in [0.2, 0.25) is 10.0 Å². The Morgan fingerprint density at radius 2 is 1.88 bits per heavy atom. The fourth-order valence-electron chi connectivity index (χ4n) is 2.11. The van der Waals surface area contributed by atoms with Crippen molar-refractivity contribution in [2.24, 2.45) is 0 Å². The molecule has 9 heteroatoms. The minimum absolute atomic E-state index is 0.00890. The molecule has 0 saturated heterocycles. The van der Waals surface area contributed by atoms with Crippen LogP contribution in [0.25, 0.3) is 0 Å². The normalized spacial score (nSPS) is 12.4. The van der Waals surface area contributed by atoms with Gasteiger partial charge in [-0.25, -0.2) is 13.1 Å². The Kier molecular flexibility index (Phi) is 6.29. The summed E-state index contributed by atoms with van der Waals surface area (Å²) in [5.74, 6) is -0.843.